The van der Waals surface area contributed by atoms with Crippen LogP contribution < -0.4 is 0 Å². The minimum Gasteiger partial charge on any atom is -0.341 e. The molecule has 3 heterocycles. The zero-order chi connectivity index (χ0) is 17.6. The SMILES string of the molecule is Cc1nc(SCC(=O)N2C[C@H](C)C[C@@H](C)C2)c2c3c(sc2n1)CCC3. The predicted molar refractivity (Wildman–Crippen MR) is 104 cm³/mol. The number of carbonyl (C=O) groups is 1. The Morgan fingerprint density at radius 3 is 2.76 bits per heavy atom. The molecule has 0 radical (unpaired) electrons. The summed E-state index contributed by atoms with van der Waals surface area (Å²) >= 11 is 3.42. The van der Waals surface area contributed by atoms with E-state index in [4.69, 9.17) is 0 Å². The van der Waals surface area contributed by atoms with Gasteiger partial charge in [-0.1, -0.05) is 25.6 Å². The number of aryl methyl sites for hydroxylation is 3. The zero-order valence-electron chi connectivity index (χ0n) is 15.2. The van der Waals surface area contributed by atoms with E-state index in [9.17, 15) is 4.79 Å². The molecule has 1 saturated heterocycles. The van der Waals surface area contributed by atoms with Gasteiger partial charge in [-0.3, -0.25) is 4.79 Å². The molecular weight excluding hydrogens is 350 g/mol. The van der Waals surface area contributed by atoms with Crippen LogP contribution >= 0.6 is 23.1 Å². The van der Waals surface area contributed by atoms with E-state index in [-0.39, 0.29) is 5.91 Å². The summed E-state index contributed by atoms with van der Waals surface area (Å²) in [5, 5.41) is 2.23. The Morgan fingerprint density at radius 2 is 2.00 bits per heavy atom. The molecule has 2 aromatic rings. The first-order valence-electron chi connectivity index (χ1n) is 9.20. The van der Waals surface area contributed by atoms with Gasteiger partial charge in [0, 0.05) is 23.4 Å². The number of likely N-dealkylation sites (tertiary alicyclic amines) is 1. The Morgan fingerprint density at radius 1 is 1.24 bits per heavy atom. The molecule has 1 aliphatic heterocycles. The van der Waals surface area contributed by atoms with Crippen LogP contribution in [0.1, 0.15) is 43.0 Å². The van der Waals surface area contributed by atoms with Crippen LogP contribution in [0.15, 0.2) is 5.03 Å². The lowest BCUT2D eigenvalue weighted by Crippen LogP contribution is -2.43. The van der Waals surface area contributed by atoms with Crippen LogP contribution in [0.4, 0.5) is 0 Å². The molecule has 0 bridgehead atoms. The van der Waals surface area contributed by atoms with Crippen molar-refractivity contribution in [2.75, 3.05) is 18.8 Å². The summed E-state index contributed by atoms with van der Waals surface area (Å²) < 4.78 is 0. The number of nitrogens with zero attached hydrogens (tertiary/aromatic N) is 3. The van der Waals surface area contributed by atoms with Crippen molar-refractivity contribution in [1.82, 2.24) is 14.9 Å². The predicted octanol–water partition coefficient (Wildman–Crippen LogP) is 4.09. The summed E-state index contributed by atoms with van der Waals surface area (Å²) in [5.74, 6) is 2.74. The van der Waals surface area contributed by atoms with Crippen LogP contribution in [0.25, 0.3) is 10.2 Å². The quantitative estimate of drug-likeness (QED) is 0.599. The van der Waals surface area contributed by atoms with Gasteiger partial charge in [0.05, 0.1) is 5.75 Å². The normalized spacial score (nSPS) is 23.2. The molecule has 0 N–H and O–H groups in total. The number of amides is 1. The van der Waals surface area contributed by atoms with Crippen molar-refractivity contribution in [3.05, 3.63) is 16.3 Å². The van der Waals surface area contributed by atoms with Gasteiger partial charge in [-0.15, -0.1) is 11.3 Å². The Labute approximate surface area is 157 Å². The molecule has 2 atom stereocenters. The van der Waals surface area contributed by atoms with Gasteiger partial charge in [0.2, 0.25) is 5.91 Å². The maximum absolute atomic E-state index is 12.7. The van der Waals surface area contributed by atoms with E-state index in [1.807, 2.05) is 18.3 Å². The topological polar surface area (TPSA) is 46.1 Å². The summed E-state index contributed by atoms with van der Waals surface area (Å²) in [6.45, 7) is 8.24. The molecule has 4 nitrogen and oxygen atoms in total. The number of hydrogen-bond acceptors (Lipinski definition) is 5. The van der Waals surface area contributed by atoms with E-state index in [0.717, 1.165) is 35.2 Å². The number of hydrogen-bond donors (Lipinski definition) is 0. The number of rotatable bonds is 3. The van der Waals surface area contributed by atoms with Crippen LogP contribution in [0.3, 0.4) is 0 Å². The molecule has 0 unspecified atom stereocenters. The van der Waals surface area contributed by atoms with E-state index in [2.05, 4.69) is 28.7 Å². The second kappa shape index (κ2) is 6.88. The molecule has 134 valence electrons. The number of carbonyl (C=O) groups excluding carboxylic acids is 1. The lowest BCUT2D eigenvalue weighted by atomic mass is 9.92. The fourth-order valence-electron chi connectivity index (χ4n) is 4.26. The summed E-state index contributed by atoms with van der Waals surface area (Å²) in [7, 11) is 0. The molecular formula is C19H25N3OS2. The van der Waals surface area contributed by atoms with Gasteiger partial charge in [0.15, 0.2) is 0 Å². The van der Waals surface area contributed by atoms with Crippen molar-refractivity contribution in [2.24, 2.45) is 11.8 Å². The third-order valence-corrected chi connectivity index (χ3v) is 7.34. The molecule has 2 aromatic heterocycles. The Hall–Kier alpha value is -1.14. The fourth-order valence-corrected chi connectivity index (χ4v) is 6.63. The summed E-state index contributed by atoms with van der Waals surface area (Å²) in [6, 6.07) is 0. The summed E-state index contributed by atoms with van der Waals surface area (Å²) in [4.78, 5) is 26.7. The Kier molecular flexibility index (Phi) is 4.75. The van der Waals surface area contributed by atoms with Crippen molar-refractivity contribution in [3.8, 4) is 0 Å². The van der Waals surface area contributed by atoms with E-state index >= 15 is 0 Å². The number of aromatic nitrogens is 2. The summed E-state index contributed by atoms with van der Waals surface area (Å²) in [6.07, 6.45) is 4.76. The molecule has 0 saturated carbocycles. The second-order valence-corrected chi connectivity index (χ2v) is 9.69. The maximum Gasteiger partial charge on any atom is 0.233 e. The zero-order valence-corrected chi connectivity index (χ0v) is 16.8. The Balaban J connectivity index is 1.54. The average molecular weight is 376 g/mol. The highest BCUT2D eigenvalue weighted by Gasteiger charge is 2.26. The monoisotopic (exact) mass is 375 g/mol. The van der Waals surface area contributed by atoms with Gasteiger partial charge in [0.1, 0.15) is 15.7 Å². The average Bonchev–Trinajstić information content (AvgIpc) is 3.11. The highest BCUT2D eigenvalue weighted by molar-refractivity contribution is 8.00. The molecule has 25 heavy (non-hydrogen) atoms. The van der Waals surface area contributed by atoms with Crippen LogP contribution in [-0.4, -0.2) is 39.6 Å². The van der Waals surface area contributed by atoms with Gasteiger partial charge in [-0.05, 0) is 50.0 Å². The van der Waals surface area contributed by atoms with Gasteiger partial charge in [-0.2, -0.15) is 0 Å². The molecule has 0 spiro atoms. The first kappa shape index (κ1) is 17.3. The van der Waals surface area contributed by atoms with Gasteiger partial charge >= 0.3 is 0 Å². The Bertz CT molecular complexity index is 807. The highest BCUT2D eigenvalue weighted by Crippen LogP contribution is 2.40. The number of thiophene rings is 1. The first-order chi connectivity index (χ1) is 12.0. The van der Waals surface area contributed by atoms with Crippen LogP contribution in [0, 0.1) is 18.8 Å². The molecule has 1 fully saturated rings. The molecule has 2 aliphatic rings. The minimum absolute atomic E-state index is 0.250. The summed E-state index contributed by atoms with van der Waals surface area (Å²) in [5.41, 5.74) is 1.44. The molecule has 1 amide bonds. The van der Waals surface area contributed by atoms with E-state index in [1.165, 1.54) is 35.1 Å². The second-order valence-electron chi connectivity index (χ2n) is 7.65. The number of thioether (sulfide) groups is 1. The van der Waals surface area contributed by atoms with Crippen LogP contribution in [-0.2, 0) is 17.6 Å². The van der Waals surface area contributed by atoms with E-state index in [0.29, 0.717) is 17.6 Å². The van der Waals surface area contributed by atoms with Crippen LogP contribution in [0.2, 0.25) is 0 Å². The lowest BCUT2D eigenvalue weighted by molar-refractivity contribution is -0.130. The van der Waals surface area contributed by atoms with Crippen molar-refractivity contribution in [1.29, 1.82) is 0 Å². The van der Waals surface area contributed by atoms with Gasteiger partial charge < -0.3 is 4.90 Å². The van der Waals surface area contributed by atoms with Crippen molar-refractivity contribution < 1.29 is 4.79 Å². The minimum atomic E-state index is 0.250. The number of fused-ring (bicyclic) bond motifs is 3. The van der Waals surface area contributed by atoms with Crippen molar-refractivity contribution in [2.45, 2.75) is 51.5 Å². The molecule has 0 aromatic carbocycles. The first-order valence-corrected chi connectivity index (χ1v) is 11.0. The van der Waals surface area contributed by atoms with Crippen molar-refractivity contribution in [3.63, 3.8) is 0 Å². The smallest absolute Gasteiger partial charge is 0.233 e. The van der Waals surface area contributed by atoms with E-state index in [1.54, 1.807) is 11.8 Å². The number of piperidine rings is 1. The highest BCUT2D eigenvalue weighted by atomic mass is 32.2. The van der Waals surface area contributed by atoms with Crippen LogP contribution in [0.5, 0.6) is 0 Å². The molecule has 6 heteroatoms. The third-order valence-electron chi connectivity index (χ3n) is 5.20. The van der Waals surface area contributed by atoms with E-state index < -0.39 is 0 Å². The largest absolute Gasteiger partial charge is 0.341 e. The third kappa shape index (κ3) is 3.43. The van der Waals surface area contributed by atoms with Gasteiger partial charge in [-0.25, -0.2) is 9.97 Å². The lowest BCUT2D eigenvalue weighted by Gasteiger charge is -2.35. The fraction of sp³-hybridized carbons (Fsp3) is 0.632. The molecule has 4 rings (SSSR count). The van der Waals surface area contributed by atoms with Crippen molar-refractivity contribution >= 4 is 39.2 Å². The molecule has 1 aliphatic carbocycles. The van der Waals surface area contributed by atoms with Gasteiger partial charge in [0.25, 0.3) is 0 Å². The maximum atomic E-state index is 12.7. The standard InChI is InChI=1S/C19H25N3OS2/c1-11-7-12(2)9-22(8-11)16(23)10-24-18-17-14-5-4-6-15(14)25-19(17)21-13(3)20-18/h11-12H,4-10H2,1-3H3/t11-,12-/m1/s1.